The Labute approximate surface area is 154 Å². The topological polar surface area (TPSA) is 9.23 Å². The molecule has 0 radical (unpaired) electrons. The number of ether oxygens (including phenoxy) is 1. The lowest BCUT2D eigenvalue weighted by Gasteiger charge is -2.18. The van der Waals surface area contributed by atoms with E-state index in [4.69, 9.17) is 4.74 Å². The highest BCUT2D eigenvalue weighted by molar-refractivity contribution is 6.83. The van der Waals surface area contributed by atoms with Crippen LogP contribution in [0.2, 0.25) is 19.6 Å². The van der Waals surface area contributed by atoms with Gasteiger partial charge in [0.25, 0.3) is 0 Å². The Morgan fingerprint density at radius 1 is 0.962 bits per heavy atom. The van der Waals surface area contributed by atoms with Crippen LogP contribution < -0.4 is 4.74 Å². The van der Waals surface area contributed by atoms with Gasteiger partial charge in [0.2, 0.25) is 0 Å². The third-order valence-corrected chi connectivity index (χ3v) is 4.32. The lowest BCUT2D eigenvalue weighted by molar-refractivity contribution is -0.137. The predicted octanol–water partition coefficient (Wildman–Crippen LogP) is 6.39. The quantitative estimate of drug-likeness (QED) is 0.445. The smallest absolute Gasteiger partial charge is 0.417 e. The molecule has 26 heavy (non-hydrogen) atoms. The van der Waals surface area contributed by atoms with Gasteiger partial charge in [-0.15, -0.1) is 5.54 Å². The summed E-state index contributed by atoms with van der Waals surface area (Å²) in [6.45, 7) is 10.1. The second-order valence-electron chi connectivity index (χ2n) is 7.42. The van der Waals surface area contributed by atoms with E-state index in [-0.39, 0.29) is 11.7 Å². The number of hydrogen-bond donors (Lipinski definition) is 0. The van der Waals surface area contributed by atoms with Crippen LogP contribution in [0.3, 0.4) is 0 Å². The Hall–Kier alpha value is -2.19. The van der Waals surface area contributed by atoms with Crippen molar-refractivity contribution in [1.29, 1.82) is 0 Å². The fourth-order valence-electron chi connectivity index (χ4n) is 2.40. The summed E-state index contributed by atoms with van der Waals surface area (Å²) in [5.74, 6) is 3.55. The SMILES string of the molecule is CC(C)Oc1cc(C#C[Si](C)(C)C)ccc1-c1ccccc1C(F)(F)F. The summed E-state index contributed by atoms with van der Waals surface area (Å²) < 4.78 is 46.0. The van der Waals surface area contributed by atoms with Crippen molar-refractivity contribution in [3.05, 3.63) is 53.6 Å². The van der Waals surface area contributed by atoms with Crippen molar-refractivity contribution in [2.75, 3.05) is 0 Å². The van der Waals surface area contributed by atoms with Crippen LogP contribution in [0.5, 0.6) is 5.75 Å². The van der Waals surface area contributed by atoms with Gasteiger partial charge in [-0.05, 0) is 43.7 Å². The highest BCUT2D eigenvalue weighted by Gasteiger charge is 2.34. The fraction of sp³-hybridized carbons (Fsp3) is 0.333. The molecule has 138 valence electrons. The molecule has 0 heterocycles. The second-order valence-corrected chi connectivity index (χ2v) is 12.2. The molecule has 0 aromatic heterocycles. The molecule has 0 aliphatic carbocycles. The largest absolute Gasteiger partial charge is 0.490 e. The minimum Gasteiger partial charge on any atom is -0.490 e. The monoisotopic (exact) mass is 376 g/mol. The highest BCUT2D eigenvalue weighted by Crippen LogP contribution is 2.40. The van der Waals surface area contributed by atoms with Gasteiger partial charge in [0.15, 0.2) is 0 Å². The van der Waals surface area contributed by atoms with Crippen molar-refractivity contribution >= 4 is 8.07 Å². The highest BCUT2D eigenvalue weighted by atomic mass is 28.3. The summed E-state index contributed by atoms with van der Waals surface area (Å²) in [5, 5.41) is 0. The summed E-state index contributed by atoms with van der Waals surface area (Å²) in [6, 6.07) is 10.7. The first-order valence-electron chi connectivity index (χ1n) is 8.48. The molecule has 2 aromatic rings. The van der Waals surface area contributed by atoms with E-state index in [1.807, 2.05) is 13.8 Å². The average molecular weight is 376 g/mol. The molecule has 1 nitrogen and oxygen atoms in total. The molecule has 2 rings (SSSR count). The minimum absolute atomic E-state index is 0.111. The van der Waals surface area contributed by atoms with Gasteiger partial charge < -0.3 is 4.74 Å². The van der Waals surface area contributed by atoms with Crippen LogP contribution in [0.1, 0.15) is 25.0 Å². The van der Waals surface area contributed by atoms with Crippen molar-refractivity contribution in [3.8, 4) is 28.3 Å². The Balaban J connectivity index is 2.61. The maximum Gasteiger partial charge on any atom is 0.417 e. The number of rotatable bonds is 3. The van der Waals surface area contributed by atoms with Gasteiger partial charge in [-0.1, -0.05) is 43.8 Å². The third-order valence-electron chi connectivity index (χ3n) is 3.45. The summed E-state index contributed by atoms with van der Waals surface area (Å²) in [7, 11) is -1.55. The molecule has 0 fully saturated rings. The first-order valence-corrected chi connectivity index (χ1v) is 12.0. The second kappa shape index (κ2) is 7.59. The van der Waals surface area contributed by atoms with Crippen LogP contribution in [-0.2, 0) is 6.18 Å². The van der Waals surface area contributed by atoms with Crippen LogP contribution in [0.4, 0.5) is 13.2 Å². The van der Waals surface area contributed by atoms with Gasteiger partial charge in [-0.2, -0.15) is 13.2 Å². The molecule has 0 spiro atoms. The summed E-state index contributed by atoms with van der Waals surface area (Å²) >= 11 is 0. The zero-order valence-corrected chi connectivity index (χ0v) is 16.7. The van der Waals surface area contributed by atoms with Crippen LogP contribution in [0.15, 0.2) is 42.5 Å². The van der Waals surface area contributed by atoms with Gasteiger partial charge in [-0.25, -0.2) is 0 Å². The zero-order chi connectivity index (χ0) is 19.5. The summed E-state index contributed by atoms with van der Waals surface area (Å²) in [5.41, 5.74) is 3.87. The number of alkyl halides is 3. The lowest BCUT2D eigenvalue weighted by atomic mass is 9.97. The molecule has 0 aliphatic rings. The van der Waals surface area contributed by atoms with E-state index >= 15 is 0 Å². The van der Waals surface area contributed by atoms with Gasteiger partial charge in [0, 0.05) is 11.1 Å². The molecule has 0 saturated carbocycles. The predicted molar refractivity (Wildman–Crippen MR) is 103 cm³/mol. The first-order chi connectivity index (χ1) is 12.0. The van der Waals surface area contributed by atoms with Gasteiger partial charge in [0.05, 0.1) is 11.7 Å². The van der Waals surface area contributed by atoms with E-state index in [9.17, 15) is 13.2 Å². The van der Waals surface area contributed by atoms with Crippen molar-refractivity contribution in [1.82, 2.24) is 0 Å². The number of hydrogen-bond acceptors (Lipinski definition) is 1. The van der Waals surface area contributed by atoms with Crippen molar-refractivity contribution in [2.45, 2.75) is 45.8 Å². The first kappa shape index (κ1) is 20.1. The standard InChI is InChI=1S/C21H23F3OSi/c1-15(2)25-20-14-16(12-13-26(3,4)5)10-11-18(20)17-8-6-7-9-19(17)21(22,23)24/h6-11,14-15H,1-5H3. The molecule has 0 N–H and O–H groups in total. The normalized spacial score (nSPS) is 11.9. The van der Waals surface area contributed by atoms with Crippen molar-refractivity contribution < 1.29 is 17.9 Å². The molecular weight excluding hydrogens is 353 g/mol. The van der Waals surface area contributed by atoms with Crippen molar-refractivity contribution in [3.63, 3.8) is 0 Å². The Bertz CT molecular complexity index is 837. The van der Waals surface area contributed by atoms with Gasteiger partial charge in [0.1, 0.15) is 13.8 Å². The Morgan fingerprint density at radius 2 is 1.62 bits per heavy atom. The fourth-order valence-corrected chi connectivity index (χ4v) is 2.92. The molecule has 2 aromatic carbocycles. The van der Waals surface area contributed by atoms with Crippen LogP contribution in [-0.4, -0.2) is 14.2 Å². The summed E-state index contributed by atoms with van der Waals surface area (Å²) in [6.07, 6.45) is -4.59. The molecule has 5 heteroatoms. The summed E-state index contributed by atoms with van der Waals surface area (Å²) in [4.78, 5) is 0. The Kier molecular flexibility index (Phi) is 5.87. The molecule has 0 saturated heterocycles. The average Bonchev–Trinajstić information content (AvgIpc) is 2.51. The number of benzene rings is 2. The minimum atomic E-state index is -4.43. The van der Waals surface area contributed by atoms with Crippen LogP contribution in [0, 0.1) is 11.5 Å². The Morgan fingerprint density at radius 3 is 2.19 bits per heavy atom. The molecular formula is C21H23F3OSi. The van der Waals surface area contributed by atoms with Gasteiger partial charge in [-0.3, -0.25) is 0 Å². The van der Waals surface area contributed by atoms with E-state index in [1.165, 1.54) is 12.1 Å². The molecule has 0 bridgehead atoms. The maximum atomic E-state index is 13.4. The zero-order valence-electron chi connectivity index (χ0n) is 15.7. The van der Waals surface area contributed by atoms with Crippen LogP contribution >= 0.6 is 0 Å². The van der Waals surface area contributed by atoms with Gasteiger partial charge >= 0.3 is 6.18 Å². The van der Waals surface area contributed by atoms with Crippen molar-refractivity contribution in [2.24, 2.45) is 0 Å². The maximum absolute atomic E-state index is 13.4. The van der Waals surface area contributed by atoms with E-state index < -0.39 is 19.8 Å². The van der Waals surface area contributed by atoms with E-state index in [0.717, 1.165) is 11.6 Å². The molecule has 0 amide bonds. The van der Waals surface area contributed by atoms with E-state index in [2.05, 4.69) is 31.1 Å². The lowest BCUT2D eigenvalue weighted by Crippen LogP contribution is -2.16. The van der Waals surface area contributed by atoms with E-state index in [1.54, 1.807) is 24.3 Å². The number of halogens is 3. The van der Waals surface area contributed by atoms with Crippen LogP contribution in [0.25, 0.3) is 11.1 Å². The molecule has 0 unspecified atom stereocenters. The third kappa shape index (κ3) is 5.40. The molecule has 0 aliphatic heterocycles. The molecule has 0 atom stereocenters. The van der Waals surface area contributed by atoms with E-state index in [0.29, 0.717) is 11.3 Å².